The Morgan fingerprint density at radius 3 is 2.53 bits per heavy atom. The van der Waals surface area contributed by atoms with Gasteiger partial charge in [0.25, 0.3) is 0 Å². The predicted octanol–water partition coefficient (Wildman–Crippen LogP) is 0.973. The van der Waals surface area contributed by atoms with Crippen LogP contribution in [0.5, 0.6) is 0 Å². The zero-order valence-electron chi connectivity index (χ0n) is 11.0. The van der Waals surface area contributed by atoms with Gasteiger partial charge in [0, 0.05) is 6.67 Å². The molecule has 96 valence electrons. The first-order valence-electron chi connectivity index (χ1n) is 6.07. The van der Waals surface area contributed by atoms with Crippen LogP contribution in [0.3, 0.4) is 0 Å². The molecule has 0 aliphatic carbocycles. The molecule has 4 heteroatoms. The number of hydrogen-bond acceptors (Lipinski definition) is 4. The second-order valence-electron chi connectivity index (χ2n) is 5.32. The summed E-state index contributed by atoms with van der Waals surface area (Å²) in [4.78, 5) is 14.0. The van der Waals surface area contributed by atoms with Crippen molar-refractivity contribution in [2.75, 3.05) is 19.8 Å². The Morgan fingerprint density at radius 2 is 2.06 bits per heavy atom. The van der Waals surface area contributed by atoms with Gasteiger partial charge in [-0.1, -0.05) is 5.92 Å². The van der Waals surface area contributed by atoms with Crippen LogP contribution in [0, 0.1) is 12.3 Å². The fourth-order valence-electron chi connectivity index (χ4n) is 1.73. The van der Waals surface area contributed by atoms with Crippen LogP contribution in [-0.4, -0.2) is 42.3 Å². The summed E-state index contributed by atoms with van der Waals surface area (Å²) in [5.41, 5.74) is -0.499. The van der Waals surface area contributed by atoms with E-state index in [0.29, 0.717) is 6.67 Å². The molecule has 4 nitrogen and oxygen atoms in total. The molecular weight excluding hydrogens is 216 g/mol. The molecule has 0 aromatic rings. The molecule has 1 heterocycles. The minimum absolute atomic E-state index is 0.376. The smallest absolute Gasteiger partial charge is 0.336 e. The molecule has 0 spiro atoms. The minimum Gasteiger partial charge on any atom is -0.458 e. The summed E-state index contributed by atoms with van der Waals surface area (Å²) in [5, 5.41) is 3.05. The molecule has 1 rings (SSSR count). The highest BCUT2D eigenvalue weighted by atomic mass is 16.6. The number of hydrogen-bond donors (Lipinski definition) is 1. The van der Waals surface area contributed by atoms with E-state index in [4.69, 9.17) is 11.2 Å². The van der Waals surface area contributed by atoms with Gasteiger partial charge in [-0.3, -0.25) is 10.2 Å². The topological polar surface area (TPSA) is 41.6 Å². The van der Waals surface area contributed by atoms with E-state index in [9.17, 15) is 4.79 Å². The molecule has 0 saturated carbocycles. The second kappa shape index (κ2) is 6.04. The maximum Gasteiger partial charge on any atom is 0.336 e. The number of ether oxygens (including phenoxy) is 1. The van der Waals surface area contributed by atoms with Crippen molar-refractivity contribution in [1.29, 1.82) is 0 Å². The third kappa shape index (κ3) is 5.20. The number of likely N-dealkylation sites (tertiary alicyclic amines) is 1. The molecule has 1 fully saturated rings. The van der Waals surface area contributed by atoms with Crippen molar-refractivity contribution in [3.05, 3.63) is 0 Å². The third-order valence-corrected chi connectivity index (χ3v) is 2.53. The van der Waals surface area contributed by atoms with Crippen molar-refractivity contribution in [2.45, 2.75) is 45.3 Å². The van der Waals surface area contributed by atoms with Gasteiger partial charge in [-0.2, -0.15) is 0 Å². The molecule has 0 bridgehead atoms. The van der Waals surface area contributed by atoms with Crippen molar-refractivity contribution in [1.82, 2.24) is 10.2 Å². The molecule has 1 saturated heterocycles. The van der Waals surface area contributed by atoms with E-state index in [1.54, 1.807) is 0 Å². The Labute approximate surface area is 104 Å². The fraction of sp³-hybridized carbons (Fsp3) is 0.769. The summed E-state index contributed by atoms with van der Waals surface area (Å²) in [6, 6.07) is -0.658. The lowest BCUT2D eigenvalue weighted by Crippen LogP contribution is -2.44. The van der Waals surface area contributed by atoms with Crippen LogP contribution in [-0.2, 0) is 9.53 Å². The first-order chi connectivity index (χ1) is 7.92. The third-order valence-electron chi connectivity index (χ3n) is 2.53. The van der Waals surface area contributed by atoms with Crippen molar-refractivity contribution >= 4 is 5.97 Å². The average molecular weight is 238 g/mol. The van der Waals surface area contributed by atoms with E-state index >= 15 is 0 Å². The molecule has 0 aromatic heterocycles. The number of nitrogens with one attached hydrogen (secondary N) is 1. The summed E-state index contributed by atoms with van der Waals surface area (Å²) >= 11 is 0. The van der Waals surface area contributed by atoms with Crippen LogP contribution in [0.1, 0.15) is 33.6 Å². The summed E-state index contributed by atoms with van der Waals surface area (Å²) in [6.07, 6.45) is 7.78. The normalized spacial score (nSPS) is 18.7. The predicted molar refractivity (Wildman–Crippen MR) is 67.3 cm³/mol. The molecule has 1 N–H and O–H groups in total. The van der Waals surface area contributed by atoms with Crippen LogP contribution in [0.25, 0.3) is 0 Å². The lowest BCUT2D eigenvalue weighted by atomic mass is 10.2. The zero-order valence-corrected chi connectivity index (χ0v) is 11.0. The molecular formula is C13H22N2O2. The second-order valence-corrected chi connectivity index (χ2v) is 5.32. The summed E-state index contributed by atoms with van der Waals surface area (Å²) in [6.45, 7) is 8.28. The lowest BCUT2D eigenvalue weighted by Gasteiger charge is -2.23. The molecule has 1 unspecified atom stereocenters. The Balaban J connectivity index is 2.37. The Bertz CT molecular complexity index is 296. The molecule has 17 heavy (non-hydrogen) atoms. The highest BCUT2D eigenvalue weighted by molar-refractivity contribution is 5.79. The van der Waals surface area contributed by atoms with Gasteiger partial charge in [0.2, 0.25) is 0 Å². The van der Waals surface area contributed by atoms with Gasteiger partial charge in [-0.05, 0) is 46.7 Å². The van der Waals surface area contributed by atoms with Crippen molar-refractivity contribution in [3.8, 4) is 12.3 Å². The van der Waals surface area contributed by atoms with Crippen molar-refractivity contribution in [2.24, 2.45) is 0 Å². The number of terminal acetylenes is 1. The highest BCUT2D eigenvalue weighted by Gasteiger charge is 2.24. The minimum atomic E-state index is -0.658. The van der Waals surface area contributed by atoms with E-state index in [0.717, 1.165) is 13.1 Å². The van der Waals surface area contributed by atoms with Crippen LogP contribution < -0.4 is 5.32 Å². The summed E-state index contributed by atoms with van der Waals surface area (Å²) < 4.78 is 5.24. The van der Waals surface area contributed by atoms with Gasteiger partial charge in [0.15, 0.2) is 6.04 Å². The van der Waals surface area contributed by atoms with E-state index in [1.807, 2.05) is 20.8 Å². The van der Waals surface area contributed by atoms with Gasteiger partial charge in [0.1, 0.15) is 5.60 Å². The number of rotatable bonds is 4. The largest absolute Gasteiger partial charge is 0.458 e. The molecule has 1 atom stereocenters. The number of carbonyl (C=O) groups excluding carboxylic acids is 1. The van der Waals surface area contributed by atoms with Gasteiger partial charge in [0.05, 0.1) is 0 Å². The fourth-order valence-corrected chi connectivity index (χ4v) is 1.73. The summed E-state index contributed by atoms with van der Waals surface area (Å²) in [5.74, 6) is 2.06. The monoisotopic (exact) mass is 238 g/mol. The quantitative estimate of drug-likeness (QED) is 0.585. The maximum atomic E-state index is 11.7. The van der Waals surface area contributed by atoms with Crippen LogP contribution in [0.2, 0.25) is 0 Å². The molecule has 0 aromatic carbocycles. The molecule has 1 aliphatic rings. The molecule has 0 amide bonds. The van der Waals surface area contributed by atoms with Crippen molar-refractivity contribution in [3.63, 3.8) is 0 Å². The van der Waals surface area contributed by atoms with Gasteiger partial charge >= 0.3 is 5.97 Å². The number of esters is 1. The number of nitrogens with zero attached hydrogens (tertiary/aromatic N) is 1. The van der Waals surface area contributed by atoms with E-state index in [2.05, 4.69) is 16.1 Å². The van der Waals surface area contributed by atoms with Crippen LogP contribution >= 0.6 is 0 Å². The van der Waals surface area contributed by atoms with Crippen LogP contribution in [0.4, 0.5) is 0 Å². The molecule has 1 aliphatic heterocycles. The SMILES string of the molecule is C#CC(NCN1CCCC1)C(=O)OC(C)(C)C. The first-order valence-corrected chi connectivity index (χ1v) is 6.07. The Hall–Kier alpha value is -1.05. The highest BCUT2D eigenvalue weighted by Crippen LogP contribution is 2.09. The lowest BCUT2D eigenvalue weighted by molar-refractivity contribution is -0.155. The Morgan fingerprint density at radius 1 is 1.47 bits per heavy atom. The number of carbonyl (C=O) groups is 1. The van der Waals surface area contributed by atoms with Gasteiger partial charge in [-0.15, -0.1) is 6.42 Å². The van der Waals surface area contributed by atoms with Gasteiger partial charge < -0.3 is 4.74 Å². The maximum absolute atomic E-state index is 11.7. The molecule has 0 radical (unpaired) electrons. The van der Waals surface area contributed by atoms with Crippen molar-refractivity contribution < 1.29 is 9.53 Å². The summed E-state index contributed by atoms with van der Waals surface area (Å²) in [7, 11) is 0. The zero-order chi connectivity index (χ0) is 12.9. The van der Waals surface area contributed by atoms with E-state index < -0.39 is 11.6 Å². The Kier molecular flexibility index (Phi) is 4.98. The van der Waals surface area contributed by atoms with Crippen LogP contribution in [0.15, 0.2) is 0 Å². The average Bonchev–Trinajstić information content (AvgIpc) is 2.68. The standard InChI is InChI=1S/C13H22N2O2/c1-5-11(12(16)17-13(2,3)4)14-10-15-8-6-7-9-15/h1,11,14H,6-10H2,2-4H3. The van der Waals surface area contributed by atoms with E-state index in [1.165, 1.54) is 12.8 Å². The first kappa shape index (κ1) is 14.0. The van der Waals surface area contributed by atoms with Gasteiger partial charge in [-0.25, -0.2) is 4.79 Å². The van der Waals surface area contributed by atoms with E-state index in [-0.39, 0.29) is 5.97 Å².